The Morgan fingerprint density at radius 3 is 2.71 bits per heavy atom. The number of aliphatic hydroxyl groups excluding tert-OH is 2. The summed E-state index contributed by atoms with van der Waals surface area (Å²) in [7, 11) is 0. The number of nitrogens with zero attached hydrogens (tertiary/aromatic N) is 1. The number of rotatable bonds is 4. The standard InChI is InChI=1S/C14H17Cl2NO4/c1-7-9(4-12(21)17(7)5-8(19)6-18)13-11(20)3-2-10(15)14(13)16/h2-3,7-9,18-20H,4-6H2,1H3/t7-,8+,9-/m1/s1. The number of phenolic OH excluding ortho intramolecular Hbond substituents is 1. The van der Waals surface area contributed by atoms with Gasteiger partial charge in [0.05, 0.1) is 22.8 Å². The van der Waals surface area contributed by atoms with Gasteiger partial charge in [0.25, 0.3) is 0 Å². The van der Waals surface area contributed by atoms with E-state index in [1.807, 2.05) is 6.92 Å². The summed E-state index contributed by atoms with van der Waals surface area (Å²) in [6.45, 7) is 1.45. The Bertz CT molecular complexity index is 552. The van der Waals surface area contributed by atoms with Crippen molar-refractivity contribution in [3.05, 3.63) is 27.7 Å². The molecule has 1 aliphatic rings. The van der Waals surface area contributed by atoms with E-state index >= 15 is 0 Å². The van der Waals surface area contributed by atoms with Gasteiger partial charge in [-0.3, -0.25) is 4.79 Å². The number of phenols is 1. The average Bonchev–Trinajstić information content (AvgIpc) is 2.71. The molecule has 3 atom stereocenters. The van der Waals surface area contributed by atoms with Gasteiger partial charge in [0.15, 0.2) is 0 Å². The molecule has 0 unspecified atom stereocenters. The zero-order valence-corrected chi connectivity index (χ0v) is 13.0. The summed E-state index contributed by atoms with van der Waals surface area (Å²) in [5, 5.41) is 29.0. The molecule has 1 fully saturated rings. The third-order valence-corrected chi connectivity index (χ3v) is 4.71. The second-order valence-corrected chi connectivity index (χ2v) is 6.01. The lowest BCUT2D eigenvalue weighted by molar-refractivity contribution is -0.130. The highest BCUT2D eigenvalue weighted by Gasteiger charge is 2.40. The number of aliphatic hydroxyl groups is 2. The van der Waals surface area contributed by atoms with Crippen molar-refractivity contribution in [3.63, 3.8) is 0 Å². The van der Waals surface area contributed by atoms with Crippen molar-refractivity contribution in [2.75, 3.05) is 13.2 Å². The van der Waals surface area contributed by atoms with Gasteiger partial charge >= 0.3 is 0 Å². The van der Waals surface area contributed by atoms with E-state index in [1.165, 1.54) is 17.0 Å². The van der Waals surface area contributed by atoms with Gasteiger partial charge in [-0.05, 0) is 19.1 Å². The summed E-state index contributed by atoms with van der Waals surface area (Å²) < 4.78 is 0. The molecule has 2 rings (SSSR count). The van der Waals surface area contributed by atoms with Crippen LogP contribution >= 0.6 is 23.2 Å². The molecule has 0 aromatic heterocycles. The van der Waals surface area contributed by atoms with Crippen molar-refractivity contribution >= 4 is 29.1 Å². The molecular weight excluding hydrogens is 317 g/mol. The third kappa shape index (κ3) is 3.11. The van der Waals surface area contributed by atoms with E-state index in [1.54, 1.807) is 0 Å². The molecule has 1 aliphatic heterocycles. The van der Waals surface area contributed by atoms with Crippen molar-refractivity contribution in [1.82, 2.24) is 4.90 Å². The topological polar surface area (TPSA) is 81.0 Å². The molecule has 3 N–H and O–H groups in total. The first-order chi connectivity index (χ1) is 9.86. The minimum Gasteiger partial charge on any atom is -0.508 e. The smallest absolute Gasteiger partial charge is 0.223 e. The molecule has 1 heterocycles. The summed E-state index contributed by atoms with van der Waals surface area (Å²) in [6.07, 6.45) is -0.814. The average molecular weight is 334 g/mol. The third-order valence-electron chi connectivity index (χ3n) is 3.89. The van der Waals surface area contributed by atoms with Crippen LogP contribution in [-0.4, -0.2) is 51.4 Å². The molecule has 0 saturated carbocycles. The van der Waals surface area contributed by atoms with Gasteiger partial charge in [-0.2, -0.15) is 0 Å². The van der Waals surface area contributed by atoms with E-state index in [0.29, 0.717) is 10.6 Å². The summed E-state index contributed by atoms with van der Waals surface area (Å²) >= 11 is 12.1. The highest BCUT2D eigenvalue weighted by molar-refractivity contribution is 6.42. The van der Waals surface area contributed by atoms with Gasteiger partial charge in [-0.15, -0.1) is 0 Å². The van der Waals surface area contributed by atoms with Crippen LogP contribution in [0.2, 0.25) is 10.0 Å². The maximum absolute atomic E-state index is 12.1. The summed E-state index contributed by atoms with van der Waals surface area (Å²) in [5.74, 6) is -0.469. The molecule has 1 amide bonds. The van der Waals surface area contributed by atoms with Crippen molar-refractivity contribution in [1.29, 1.82) is 0 Å². The SMILES string of the molecule is C[C@@H]1[C@H](c2c(O)ccc(Cl)c2Cl)CC(=O)N1C[C@H](O)CO. The Morgan fingerprint density at radius 2 is 2.10 bits per heavy atom. The molecule has 0 radical (unpaired) electrons. The number of hydrogen-bond acceptors (Lipinski definition) is 4. The second-order valence-electron chi connectivity index (χ2n) is 5.23. The lowest BCUT2D eigenvalue weighted by Gasteiger charge is -2.27. The van der Waals surface area contributed by atoms with Crippen molar-refractivity contribution in [3.8, 4) is 5.75 Å². The Kier molecular flexibility index (Phi) is 4.99. The van der Waals surface area contributed by atoms with Crippen molar-refractivity contribution in [2.24, 2.45) is 0 Å². The Balaban J connectivity index is 2.31. The van der Waals surface area contributed by atoms with E-state index in [0.717, 1.165) is 0 Å². The summed E-state index contributed by atoms with van der Waals surface area (Å²) in [5.41, 5.74) is 0.450. The number of carbonyl (C=O) groups is 1. The first kappa shape index (κ1) is 16.4. The summed E-state index contributed by atoms with van der Waals surface area (Å²) in [6, 6.07) is 2.68. The van der Waals surface area contributed by atoms with E-state index < -0.39 is 12.7 Å². The molecule has 1 aromatic carbocycles. The van der Waals surface area contributed by atoms with Gasteiger partial charge in [0, 0.05) is 30.5 Å². The van der Waals surface area contributed by atoms with Gasteiger partial charge in [-0.1, -0.05) is 23.2 Å². The monoisotopic (exact) mass is 333 g/mol. The first-order valence-corrected chi connectivity index (χ1v) is 7.37. The number of aromatic hydroxyl groups is 1. The number of hydrogen-bond donors (Lipinski definition) is 3. The van der Waals surface area contributed by atoms with Crippen LogP contribution < -0.4 is 0 Å². The molecule has 0 bridgehead atoms. The minimum absolute atomic E-state index is 0.00129. The predicted molar refractivity (Wildman–Crippen MR) is 79.8 cm³/mol. The highest BCUT2D eigenvalue weighted by Crippen LogP contribution is 2.44. The number of halogens is 2. The number of benzene rings is 1. The largest absolute Gasteiger partial charge is 0.508 e. The normalized spacial score (nSPS) is 23.7. The molecular formula is C14H17Cl2NO4. The fourth-order valence-corrected chi connectivity index (χ4v) is 3.19. The molecule has 7 heteroatoms. The second kappa shape index (κ2) is 6.40. The molecule has 0 spiro atoms. The van der Waals surface area contributed by atoms with Crippen LogP contribution in [0, 0.1) is 0 Å². The molecule has 5 nitrogen and oxygen atoms in total. The molecule has 0 aliphatic carbocycles. The van der Waals surface area contributed by atoms with Crippen molar-refractivity contribution < 1.29 is 20.1 Å². The first-order valence-electron chi connectivity index (χ1n) is 6.62. The number of carbonyl (C=O) groups excluding carboxylic acids is 1. The van der Waals surface area contributed by atoms with E-state index in [9.17, 15) is 15.0 Å². The molecule has 1 saturated heterocycles. The van der Waals surface area contributed by atoms with Gasteiger partial charge in [0.1, 0.15) is 5.75 Å². The van der Waals surface area contributed by atoms with E-state index in [2.05, 4.69) is 0 Å². The number of likely N-dealkylation sites (tertiary alicyclic amines) is 1. The lowest BCUT2D eigenvalue weighted by atomic mass is 9.91. The Labute approximate surface area is 132 Å². The molecule has 1 aromatic rings. The van der Waals surface area contributed by atoms with Crippen LogP contribution in [0.15, 0.2) is 12.1 Å². The van der Waals surface area contributed by atoms with Gasteiger partial charge in [-0.25, -0.2) is 0 Å². The maximum atomic E-state index is 12.1. The zero-order valence-electron chi connectivity index (χ0n) is 11.5. The van der Waals surface area contributed by atoms with Crippen LogP contribution in [-0.2, 0) is 4.79 Å². The number of amides is 1. The predicted octanol–water partition coefficient (Wildman–Crippen LogP) is 1.76. The molecule has 116 valence electrons. The fraction of sp³-hybridized carbons (Fsp3) is 0.500. The zero-order chi connectivity index (χ0) is 15.7. The van der Waals surface area contributed by atoms with Crippen LogP contribution in [0.3, 0.4) is 0 Å². The van der Waals surface area contributed by atoms with Crippen molar-refractivity contribution in [2.45, 2.75) is 31.4 Å². The van der Waals surface area contributed by atoms with Crippen LogP contribution in [0.4, 0.5) is 0 Å². The van der Waals surface area contributed by atoms with Gasteiger partial charge < -0.3 is 20.2 Å². The van der Waals surface area contributed by atoms with Gasteiger partial charge in [0.2, 0.25) is 5.91 Å². The fourth-order valence-electron chi connectivity index (χ4n) is 2.73. The minimum atomic E-state index is -0.987. The maximum Gasteiger partial charge on any atom is 0.223 e. The Morgan fingerprint density at radius 1 is 1.43 bits per heavy atom. The summed E-state index contributed by atoms with van der Waals surface area (Å²) in [4.78, 5) is 13.6. The van der Waals surface area contributed by atoms with E-state index in [4.69, 9.17) is 28.3 Å². The highest BCUT2D eigenvalue weighted by atomic mass is 35.5. The number of β-amino-alcohol motifs (C(OH)–C–C–N with tert-alkyl or cyclic N) is 1. The van der Waals surface area contributed by atoms with Crippen LogP contribution in [0.5, 0.6) is 5.75 Å². The van der Waals surface area contributed by atoms with Crippen LogP contribution in [0.25, 0.3) is 0 Å². The Hall–Kier alpha value is -1.01. The quantitative estimate of drug-likeness (QED) is 0.784. The lowest BCUT2D eigenvalue weighted by Crippen LogP contribution is -2.40. The van der Waals surface area contributed by atoms with Crippen LogP contribution in [0.1, 0.15) is 24.8 Å². The van der Waals surface area contributed by atoms with E-state index in [-0.39, 0.29) is 41.6 Å². The molecule has 21 heavy (non-hydrogen) atoms.